The van der Waals surface area contributed by atoms with Crippen molar-refractivity contribution in [3.05, 3.63) is 70.5 Å². The average molecular weight is 527 g/mol. The fourth-order valence-electron chi connectivity index (χ4n) is 3.61. The van der Waals surface area contributed by atoms with Gasteiger partial charge in [0.05, 0.1) is 22.5 Å². The monoisotopic (exact) mass is 527 g/mol. The summed E-state index contributed by atoms with van der Waals surface area (Å²) in [6, 6.07) is 4.80. The number of aryl methyl sites for hydroxylation is 1. The van der Waals surface area contributed by atoms with Crippen molar-refractivity contribution in [1.29, 1.82) is 0 Å². The molecule has 0 aliphatic heterocycles. The lowest BCUT2D eigenvalue weighted by atomic mass is 10.1. The fraction of sp³-hybridized carbons (Fsp3) is 0.261. The first-order valence-corrected chi connectivity index (χ1v) is 11.5. The van der Waals surface area contributed by atoms with Crippen molar-refractivity contribution >= 4 is 22.8 Å². The molecule has 0 saturated heterocycles. The Labute approximate surface area is 205 Å². The number of pyridine rings is 1. The first kappa shape index (κ1) is 25.6. The molecular weight excluding hydrogens is 508 g/mol. The lowest BCUT2D eigenvalue weighted by Gasteiger charge is -2.20. The van der Waals surface area contributed by atoms with E-state index in [2.05, 4.69) is 20.4 Å². The number of benzene rings is 1. The predicted octanol–water partition coefficient (Wildman–Crippen LogP) is 6.41. The summed E-state index contributed by atoms with van der Waals surface area (Å²) in [5.74, 6) is 0.0232. The number of aromatic nitrogens is 4. The number of thiazole rings is 1. The van der Waals surface area contributed by atoms with Gasteiger partial charge in [0.15, 0.2) is 0 Å². The van der Waals surface area contributed by atoms with Gasteiger partial charge in [-0.2, -0.15) is 31.4 Å². The van der Waals surface area contributed by atoms with Crippen LogP contribution in [0.25, 0.3) is 16.4 Å². The minimum atomic E-state index is -5.05. The molecule has 0 aliphatic rings. The van der Waals surface area contributed by atoms with Gasteiger partial charge < -0.3 is 10.4 Å². The van der Waals surface area contributed by atoms with Crippen molar-refractivity contribution in [3.8, 4) is 16.4 Å². The van der Waals surface area contributed by atoms with Crippen LogP contribution in [0.3, 0.4) is 0 Å². The van der Waals surface area contributed by atoms with Crippen LogP contribution in [0.1, 0.15) is 28.8 Å². The maximum Gasteiger partial charge on any atom is 0.418 e. The van der Waals surface area contributed by atoms with Gasteiger partial charge in [0, 0.05) is 35.6 Å². The van der Waals surface area contributed by atoms with Gasteiger partial charge >= 0.3 is 12.4 Å². The number of alkyl halides is 6. The fourth-order valence-corrected chi connectivity index (χ4v) is 4.21. The molecule has 36 heavy (non-hydrogen) atoms. The summed E-state index contributed by atoms with van der Waals surface area (Å²) in [5.41, 5.74) is -1.49. The molecule has 0 saturated carbocycles. The van der Waals surface area contributed by atoms with Crippen LogP contribution in [-0.2, 0) is 18.8 Å². The first-order valence-electron chi connectivity index (χ1n) is 10.6. The molecule has 4 aromatic rings. The van der Waals surface area contributed by atoms with Crippen LogP contribution in [0.2, 0.25) is 0 Å². The first-order chi connectivity index (χ1) is 17.0. The summed E-state index contributed by atoms with van der Waals surface area (Å²) in [7, 11) is 0. The van der Waals surface area contributed by atoms with Crippen molar-refractivity contribution in [2.75, 3.05) is 11.9 Å². The second kappa shape index (κ2) is 9.90. The highest BCUT2D eigenvalue weighted by Crippen LogP contribution is 2.41. The van der Waals surface area contributed by atoms with Gasteiger partial charge in [-0.05, 0) is 50.1 Å². The zero-order valence-electron chi connectivity index (χ0n) is 18.7. The standard InChI is InChI=1S/C23H19F6N5OS/c1-13-11-19(34-8-6-18(33-34)21-30-7-10-36-21)15(3-2-9-35)20(31-13)32-17-5-4-14(22(24,25)26)12-16(17)23(27,28)29/h4-8,10-12,35H,2-3,9H2,1H3,(H,31,32). The Morgan fingerprint density at radius 2 is 1.83 bits per heavy atom. The summed E-state index contributed by atoms with van der Waals surface area (Å²) in [5, 5.41) is 19.0. The summed E-state index contributed by atoms with van der Waals surface area (Å²) < 4.78 is 81.9. The predicted molar refractivity (Wildman–Crippen MR) is 122 cm³/mol. The molecule has 0 atom stereocenters. The van der Waals surface area contributed by atoms with Crippen molar-refractivity contribution in [3.63, 3.8) is 0 Å². The Morgan fingerprint density at radius 1 is 1.06 bits per heavy atom. The Balaban J connectivity index is 1.82. The van der Waals surface area contributed by atoms with Crippen molar-refractivity contribution < 1.29 is 31.4 Å². The second-order valence-electron chi connectivity index (χ2n) is 7.80. The van der Waals surface area contributed by atoms with Gasteiger partial charge in [0.2, 0.25) is 0 Å². The van der Waals surface area contributed by atoms with Gasteiger partial charge in [0.1, 0.15) is 16.5 Å². The Hall–Kier alpha value is -3.45. The van der Waals surface area contributed by atoms with E-state index >= 15 is 0 Å². The number of aliphatic hydroxyl groups is 1. The Bertz CT molecular complexity index is 1350. The molecule has 1 aromatic carbocycles. The third kappa shape index (κ3) is 5.51. The van der Waals surface area contributed by atoms with Crippen LogP contribution in [0.4, 0.5) is 37.8 Å². The van der Waals surface area contributed by atoms with Crippen LogP contribution >= 0.6 is 11.3 Å². The third-order valence-electron chi connectivity index (χ3n) is 5.21. The summed E-state index contributed by atoms with van der Waals surface area (Å²) >= 11 is 1.39. The van der Waals surface area contributed by atoms with Gasteiger partial charge in [0.25, 0.3) is 0 Å². The molecule has 2 N–H and O–H groups in total. The molecule has 0 aliphatic carbocycles. The number of nitrogens with zero attached hydrogens (tertiary/aromatic N) is 4. The highest BCUT2D eigenvalue weighted by Gasteiger charge is 2.38. The van der Waals surface area contributed by atoms with Crippen LogP contribution in [0.15, 0.2) is 48.1 Å². The molecule has 0 amide bonds. The van der Waals surface area contributed by atoms with Crippen LogP contribution in [0.5, 0.6) is 0 Å². The van der Waals surface area contributed by atoms with E-state index in [9.17, 15) is 31.4 Å². The smallest absolute Gasteiger partial charge is 0.396 e. The number of rotatable bonds is 7. The molecule has 6 nitrogen and oxygen atoms in total. The SMILES string of the molecule is Cc1cc(-n2ccc(-c3nccs3)n2)c(CCCO)c(Nc2ccc(C(F)(F)F)cc2C(F)(F)F)n1. The number of nitrogens with one attached hydrogen (secondary N) is 1. The molecule has 0 fully saturated rings. The number of halogens is 6. The molecular formula is C23H19F6N5OS. The Kier molecular flexibility index (Phi) is 7.05. The van der Waals surface area contributed by atoms with Crippen molar-refractivity contribution in [1.82, 2.24) is 19.7 Å². The normalized spacial score (nSPS) is 12.2. The van der Waals surface area contributed by atoms with Crippen LogP contribution in [-0.4, -0.2) is 31.5 Å². The van der Waals surface area contributed by atoms with E-state index in [1.54, 1.807) is 36.8 Å². The highest BCUT2D eigenvalue weighted by atomic mass is 32.1. The summed E-state index contributed by atoms with van der Waals surface area (Å²) in [6.07, 6.45) is -6.20. The number of hydrogen-bond acceptors (Lipinski definition) is 6. The van der Waals surface area contributed by atoms with Gasteiger partial charge in [-0.25, -0.2) is 14.6 Å². The molecule has 4 rings (SSSR count). The number of anilines is 2. The largest absolute Gasteiger partial charge is 0.418 e. The van der Waals surface area contributed by atoms with E-state index < -0.39 is 29.2 Å². The van der Waals surface area contributed by atoms with Gasteiger partial charge in [-0.1, -0.05) is 0 Å². The quantitative estimate of drug-likeness (QED) is 0.272. The molecule has 190 valence electrons. The lowest BCUT2D eigenvalue weighted by molar-refractivity contribution is -0.142. The van der Waals surface area contributed by atoms with E-state index in [0.717, 1.165) is 6.07 Å². The van der Waals surface area contributed by atoms with Crippen LogP contribution in [0, 0.1) is 6.92 Å². The minimum absolute atomic E-state index is 0.0232. The molecule has 0 bridgehead atoms. The molecule has 0 spiro atoms. The van der Waals surface area contributed by atoms with Crippen LogP contribution < -0.4 is 5.32 Å². The summed E-state index contributed by atoms with van der Waals surface area (Å²) in [4.78, 5) is 8.54. The number of hydrogen-bond donors (Lipinski definition) is 2. The lowest BCUT2D eigenvalue weighted by Crippen LogP contribution is -2.14. The zero-order valence-corrected chi connectivity index (χ0v) is 19.5. The highest BCUT2D eigenvalue weighted by molar-refractivity contribution is 7.13. The third-order valence-corrected chi connectivity index (χ3v) is 6.00. The molecule has 3 aromatic heterocycles. The maximum atomic E-state index is 13.7. The number of aliphatic hydroxyl groups excluding tert-OH is 1. The average Bonchev–Trinajstić information content (AvgIpc) is 3.49. The van der Waals surface area contributed by atoms with E-state index in [4.69, 9.17) is 0 Å². The minimum Gasteiger partial charge on any atom is -0.396 e. The zero-order chi connectivity index (χ0) is 26.1. The van der Waals surface area contributed by atoms with Gasteiger partial charge in [-0.3, -0.25) is 0 Å². The second-order valence-corrected chi connectivity index (χ2v) is 8.70. The van der Waals surface area contributed by atoms with Crippen molar-refractivity contribution in [2.45, 2.75) is 32.1 Å². The molecule has 3 heterocycles. The van der Waals surface area contributed by atoms with Crippen molar-refractivity contribution in [2.24, 2.45) is 0 Å². The van der Waals surface area contributed by atoms with Gasteiger partial charge in [-0.15, -0.1) is 11.3 Å². The molecule has 0 radical (unpaired) electrons. The maximum absolute atomic E-state index is 13.7. The van der Waals surface area contributed by atoms with E-state index in [0.29, 0.717) is 33.7 Å². The van der Waals surface area contributed by atoms with E-state index in [1.165, 1.54) is 16.0 Å². The van der Waals surface area contributed by atoms with E-state index in [-0.39, 0.29) is 31.3 Å². The Morgan fingerprint density at radius 3 is 2.47 bits per heavy atom. The summed E-state index contributed by atoms with van der Waals surface area (Å²) in [6.45, 7) is 1.44. The molecule has 0 unspecified atom stereocenters. The topological polar surface area (TPSA) is 75.9 Å². The molecule has 13 heteroatoms. The van der Waals surface area contributed by atoms with E-state index in [1.807, 2.05) is 0 Å².